The largest absolute Gasteiger partial charge is 0.360 e. The zero-order valence-corrected chi connectivity index (χ0v) is 19.2. The average Bonchev–Trinajstić information content (AvgIpc) is 2.75. The first kappa shape index (κ1) is 23.8. The Labute approximate surface area is 188 Å². The van der Waals surface area contributed by atoms with Crippen molar-refractivity contribution in [2.24, 2.45) is 0 Å². The number of aryl methyl sites for hydroxylation is 3. The predicted molar refractivity (Wildman–Crippen MR) is 118 cm³/mol. The van der Waals surface area contributed by atoms with Gasteiger partial charge in [-0.15, -0.1) is 0 Å². The van der Waals surface area contributed by atoms with Gasteiger partial charge in [-0.05, 0) is 49.9 Å². The molecule has 1 fully saturated rings. The molecule has 172 valence electrons. The Bertz CT molecular complexity index is 1070. The number of carbonyl (C=O) groups excluding carboxylic acids is 2. The standard InChI is InChI=1S/C22H28N4O5S/c1-15-10-16(2)20(17(3)11-15)32(29,30)26-8-5-9-31-19(26)14-25-22(28)21(27)24-13-18-6-4-7-23-12-18/h4,6-7,10-12,19H,5,8-9,13-14H2,1-3H3,(H,24,27)(H,25,28)/t19-/m1/s1. The average molecular weight is 461 g/mol. The summed E-state index contributed by atoms with van der Waals surface area (Å²) in [4.78, 5) is 28.5. The van der Waals surface area contributed by atoms with Crippen LogP contribution in [0.1, 0.15) is 28.7 Å². The molecule has 2 heterocycles. The van der Waals surface area contributed by atoms with E-state index in [0.29, 0.717) is 24.2 Å². The molecule has 0 saturated carbocycles. The maximum absolute atomic E-state index is 13.4. The zero-order chi connectivity index (χ0) is 23.3. The van der Waals surface area contributed by atoms with Gasteiger partial charge in [-0.1, -0.05) is 23.8 Å². The second-order valence-corrected chi connectivity index (χ2v) is 9.60. The molecule has 2 N–H and O–H groups in total. The van der Waals surface area contributed by atoms with Gasteiger partial charge in [0.15, 0.2) is 0 Å². The molecule has 9 nitrogen and oxygen atoms in total. The molecule has 1 aromatic heterocycles. The highest BCUT2D eigenvalue weighted by Gasteiger charge is 2.36. The van der Waals surface area contributed by atoms with Gasteiger partial charge >= 0.3 is 11.8 Å². The summed E-state index contributed by atoms with van der Waals surface area (Å²) < 4.78 is 33.8. The topological polar surface area (TPSA) is 118 Å². The summed E-state index contributed by atoms with van der Waals surface area (Å²) in [6, 6.07) is 7.16. The van der Waals surface area contributed by atoms with E-state index in [1.165, 1.54) is 4.31 Å². The van der Waals surface area contributed by atoms with Crippen LogP contribution in [0.5, 0.6) is 0 Å². The van der Waals surface area contributed by atoms with E-state index >= 15 is 0 Å². The number of aromatic nitrogens is 1. The minimum absolute atomic E-state index is 0.137. The number of amides is 2. The molecule has 2 aromatic rings. The SMILES string of the molecule is Cc1cc(C)c(S(=O)(=O)N2CCCO[C@@H]2CNC(=O)C(=O)NCc2cccnc2)c(C)c1. The lowest BCUT2D eigenvalue weighted by molar-refractivity contribution is -0.140. The third-order valence-corrected chi connectivity index (χ3v) is 7.34. The first-order chi connectivity index (χ1) is 15.2. The highest BCUT2D eigenvalue weighted by atomic mass is 32.2. The van der Waals surface area contributed by atoms with E-state index in [1.54, 1.807) is 38.4 Å². The van der Waals surface area contributed by atoms with Crippen molar-refractivity contribution >= 4 is 21.8 Å². The van der Waals surface area contributed by atoms with Gasteiger partial charge in [-0.3, -0.25) is 14.6 Å². The third-order valence-electron chi connectivity index (χ3n) is 5.14. The maximum atomic E-state index is 13.4. The molecule has 0 radical (unpaired) electrons. The number of ether oxygens (including phenoxy) is 1. The van der Waals surface area contributed by atoms with Gasteiger partial charge in [0.25, 0.3) is 0 Å². The van der Waals surface area contributed by atoms with Crippen LogP contribution in [0.15, 0.2) is 41.6 Å². The van der Waals surface area contributed by atoms with E-state index in [-0.39, 0.29) is 24.5 Å². The minimum Gasteiger partial charge on any atom is -0.360 e. The first-order valence-corrected chi connectivity index (χ1v) is 11.8. The smallest absolute Gasteiger partial charge is 0.309 e. The van der Waals surface area contributed by atoms with E-state index in [0.717, 1.165) is 11.1 Å². The van der Waals surface area contributed by atoms with Crippen LogP contribution in [0.4, 0.5) is 0 Å². The van der Waals surface area contributed by atoms with Crippen LogP contribution in [0, 0.1) is 20.8 Å². The van der Waals surface area contributed by atoms with Gasteiger partial charge in [0, 0.05) is 25.5 Å². The molecule has 1 aromatic carbocycles. The minimum atomic E-state index is -3.85. The summed E-state index contributed by atoms with van der Waals surface area (Å²) in [6.07, 6.45) is 2.84. The normalized spacial score (nSPS) is 17.0. The lowest BCUT2D eigenvalue weighted by atomic mass is 10.1. The first-order valence-electron chi connectivity index (χ1n) is 10.4. The van der Waals surface area contributed by atoms with Gasteiger partial charge in [0.2, 0.25) is 10.0 Å². The molecule has 1 saturated heterocycles. The Kier molecular flexibility index (Phi) is 7.60. The van der Waals surface area contributed by atoms with Crippen LogP contribution in [-0.4, -0.2) is 55.4 Å². The van der Waals surface area contributed by atoms with Gasteiger partial charge in [-0.25, -0.2) is 8.42 Å². The van der Waals surface area contributed by atoms with Crippen LogP contribution in [0.3, 0.4) is 0 Å². The van der Waals surface area contributed by atoms with Gasteiger partial charge in [0.05, 0.1) is 18.0 Å². The summed E-state index contributed by atoms with van der Waals surface area (Å²) >= 11 is 0. The highest BCUT2D eigenvalue weighted by molar-refractivity contribution is 7.89. The molecular weight excluding hydrogens is 432 g/mol. The monoisotopic (exact) mass is 460 g/mol. The predicted octanol–water partition coefficient (Wildman–Crippen LogP) is 1.18. The summed E-state index contributed by atoms with van der Waals surface area (Å²) in [7, 11) is -3.85. The van der Waals surface area contributed by atoms with Crippen LogP contribution in [-0.2, 0) is 30.9 Å². The number of nitrogens with zero attached hydrogens (tertiary/aromatic N) is 2. The van der Waals surface area contributed by atoms with Crippen LogP contribution in [0.25, 0.3) is 0 Å². The molecule has 0 spiro atoms. The quantitative estimate of drug-likeness (QED) is 0.625. The van der Waals surface area contributed by atoms with Crippen LogP contribution in [0.2, 0.25) is 0 Å². The van der Waals surface area contributed by atoms with Crippen molar-refractivity contribution < 1.29 is 22.7 Å². The van der Waals surface area contributed by atoms with Crippen molar-refractivity contribution in [3.8, 4) is 0 Å². The Morgan fingerprint density at radius 1 is 1.16 bits per heavy atom. The number of hydrogen-bond acceptors (Lipinski definition) is 6. The van der Waals surface area contributed by atoms with E-state index in [1.807, 2.05) is 19.1 Å². The van der Waals surface area contributed by atoms with E-state index in [4.69, 9.17) is 4.74 Å². The number of rotatable bonds is 6. The number of nitrogens with one attached hydrogen (secondary N) is 2. The van der Waals surface area contributed by atoms with Crippen LogP contribution >= 0.6 is 0 Å². The van der Waals surface area contributed by atoms with E-state index in [9.17, 15) is 18.0 Å². The van der Waals surface area contributed by atoms with Gasteiger partial charge < -0.3 is 15.4 Å². The van der Waals surface area contributed by atoms with Crippen molar-refractivity contribution in [2.45, 2.75) is 44.9 Å². The molecule has 2 amide bonds. The number of carbonyl (C=O) groups is 2. The van der Waals surface area contributed by atoms with Crippen LogP contribution < -0.4 is 10.6 Å². The molecule has 0 bridgehead atoms. The van der Waals surface area contributed by atoms with Crippen molar-refractivity contribution in [3.05, 3.63) is 58.9 Å². The Morgan fingerprint density at radius 3 is 2.50 bits per heavy atom. The summed E-state index contributed by atoms with van der Waals surface area (Å²) in [5.74, 6) is -1.67. The molecule has 1 aliphatic heterocycles. The molecule has 0 unspecified atom stereocenters. The Balaban J connectivity index is 1.66. The maximum Gasteiger partial charge on any atom is 0.309 e. The van der Waals surface area contributed by atoms with Crippen molar-refractivity contribution in [1.82, 2.24) is 19.9 Å². The second-order valence-electron chi connectivity index (χ2n) is 7.78. The summed E-state index contributed by atoms with van der Waals surface area (Å²) in [5.41, 5.74) is 3.05. The molecular formula is C22H28N4O5S. The Hall–Kier alpha value is -2.82. The molecule has 1 atom stereocenters. The second kappa shape index (κ2) is 10.2. The Morgan fingerprint density at radius 2 is 1.84 bits per heavy atom. The van der Waals surface area contributed by atoms with Crippen molar-refractivity contribution in [2.75, 3.05) is 19.7 Å². The molecule has 1 aliphatic rings. The van der Waals surface area contributed by atoms with Crippen molar-refractivity contribution in [1.29, 1.82) is 0 Å². The molecule has 3 rings (SSSR count). The summed E-state index contributed by atoms with van der Waals surface area (Å²) in [6.45, 7) is 6.10. The summed E-state index contributed by atoms with van der Waals surface area (Å²) in [5, 5.41) is 4.99. The zero-order valence-electron chi connectivity index (χ0n) is 18.4. The molecule has 10 heteroatoms. The fraction of sp³-hybridized carbons (Fsp3) is 0.409. The van der Waals surface area contributed by atoms with Crippen molar-refractivity contribution in [3.63, 3.8) is 0 Å². The van der Waals surface area contributed by atoms with Gasteiger partial charge in [-0.2, -0.15) is 4.31 Å². The fourth-order valence-electron chi connectivity index (χ4n) is 3.82. The lowest BCUT2D eigenvalue weighted by Gasteiger charge is -2.35. The van der Waals surface area contributed by atoms with E-state index in [2.05, 4.69) is 15.6 Å². The number of benzene rings is 1. The molecule has 0 aliphatic carbocycles. The number of pyridine rings is 1. The number of hydrogen-bond donors (Lipinski definition) is 2. The third kappa shape index (κ3) is 5.50. The van der Waals surface area contributed by atoms with E-state index < -0.39 is 28.1 Å². The molecule has 32 heavy (non-hydrogen) atoms. The lowest BCUT2D eigenvalue weighted by Crippen LogP contribution is -2.53. The van der Waals surface area contributed by atoms with Gasteiger partial charge in [0.1, 0.15) is 6.23 Å². The highest BCUT2D eigenvalue weighted by Crippen LogP contribution is 2.28. The number of sulfonamides is 1. The fourth-order valence-corrected chi connectivity index (χ4v) is 5.80.